The molecule has 1 atom stereocenters. The fraction of sp³-hybridized carbons (Fsp3) is 0.304. The summed E-state index contributed by atoms with van der Waals surface area (Å²) in [5.41, 5.74) is 5.49. The maximum atomic E-state index is 13.9. The van der Waals surface area contributed by atoms with E-state index in [1.807, 2.05) is 0 Å². The number of hydrogen-bond donors (Lipinski definition) is 2. The highest BCUT2D eigenvalue weighted by Gasteiger charge is 2.41. The van der Waals surface area contributed by atoms with Gasteiger partial charge in [0.05, 0.1) is 17.1 Å². The number of aromatic nitrogens is 2. The molecule has 3 aromatic rings. The zero-order valence-corrected chi connectivity index (χ0v) is 21.5. The summed E-state index contributed by atoms with van der Waals surface area (Å²) in [6.45, 7) is -0.910. The molecular weight excluding hydrogens is 576 g/mol. The molecule has 0 saturated carbocycles. The number of anilines is 1. The van der Waals surface area contributed by atoms with Gasteiger partial charge in [-0.25, -0.2) is 26.6 Å². The number of fused-ring (bicyclic) bond motifs is 1. The van der Waals surface area contributed by atoms with Gasteiger partial charge in [-0.15, -0.1) is 12.4 Å². The summed E-state index contributed by atoms with van der Waals surface area (Å²) in [4.78, 5) is 17.3. The highest BCUT2D eigenvalue weighted by atomic mass is 35.5. The van der Waals surface area contributed by atoms with Gasteiger partial charge in [-0.3, -0.25) is 9.52 Å². The molecule has 3 N–H and O–H groups in total. The second kappa shape index (κ2) is 11.4. The van der Waals surface area contributed by atoms with Crippen molar-refractivity contribution < 1.29 is 39.6 Å². The van der Waals surface area contributed by atoms with Crippen LogP contribution >= 0.6 is 12.4 Å². The molecule has 0 unspecified atom stereocenters. The number of carbonyl (C=O) groups is 1. The van der Waals surface area contributed by atoms with Crippen molar-refractivity contribution in [2.24, 2.45) is 5.73 Å². The topological polar surface area (TPSA) is 110 Å². The summed E-state index contributed by atoms with van der Waals surface area (Å²) in [7, 11) is -4.29. The number of hydrogen-bond acceptors (Lipinski definition) is 5. The number of sulfonamides is 1. The average molecular weight is 598 g/mol. The van der Waals surface area contributed by atoms with Crippen LogP contribution < -0.4 is 10.5 Å². The first-order valence-corrected chi connectivity index (χ1v) is 12.7. The highest BCUT2D eigenvalue weighted by Crippen LogP contribution is 2.35. The van der Waals surface area contributed by atoms with Crippen LogP contribution in [0.25, 0.3) is 0 Å². The van der Waals surface area contributed by atoms with Crippen LogP contribution in [0.3, 0.4) is 0 Å². The monoisotopic (exact) mass is 597 g/mol. The van der Waals surface area contributed by atoms with E-state index in [0.717, 1.165) is 4.57 Å². The molecule has 1 aliphatic heterocycles. The normalized spacial score (nSPS) is 14.4. The smallest absolute Gasteiger partial charge is 0.335 e. The molecule has 2 aromatic carbocycles. The van der Waals surface area contributed by atoms with E-state index < -0.39 is 63.8 Å². The molecule has 0 fully saturated rings. The molecule has 0 spiro atoms. The van der Waals surface area contributed by atoms with Crippen LogP contribution in [-0.4, -0.2) is 41.4 Å². The molecule has 4 rings (SSSR count). The summed E-state index contributed by atoms with van der Waals surface area (Å²) in [5.74, 6) is -6.21. The van der Waals surface area contributed by atoms with Gasteiger partial charge in [0.2, 0.25) is 11.7 Å². The van der Waals surface area contributed by atoms with E-state index >= 15 is 0 Å². The van der Waals surface area contributed by atoms with E-state index in [1.165, 1.54) is 29.2 Å². The summed E-state index contributed by atoms with van der Waals surface area (Å²) in [5, 5.41) is 0. The Bertz CT molecular complexity index is 1470. The number of alkyl halides is 3. The van der Waals surface area contributed by atoms with Crippen LogP contribution in [0.5, 0.6) is 0 Å². The van der Waals surface area contributed by atoms with Crippen LogP contribution in [0, 0.1) is 17.5 Å². The van der Waals surface area contributed by atoms with E-state index in [1.54, 1.807) is 6.07 Å². The highest BCUT2D eigenvalue weighted by molar-refractivity contribution is 7.92. The summed E-state index contributed by atoms with van der Waals surface area (Å²) < 4.78 is 110. The maximum absolute atomic E-state index is 13.9. The molecule has 16 heteroatoms. The number of rotatable bonds is 7. The lowest BCUT2D eigenvalue weighted by molar-refractivity contribution is -0.148. The molecule has 0 radical (unpaired) electrons. The largest absolute Gasteiger partial charge is 0.449 e. The first kappa shape index (κ1) is 30.2. The molecule has 39 heavy (non-hydrogen) atoms. The van der Waals surface area contributed by atoms with Crippen LogP contribution in [0.2, 0.25) is 0 Å². The number of halogens is 7. The van der Waals surface area contributed by atoms with Crippen molar-refractivity contribution in [3.63, 3.8) is 0 Å². The van der Waals surface area contributed by atoms with Crippen molar-refractivity contribution in [2.75, 3.05) is 11.3 Å². The minimum Gasteiger partial charge on any atom is -0.335 e. The Labute approximate surface area is 225 Å². The lowest BCUT2D eigenvalue weighted by Crippen LogP contribution is -2.42. The average Bonchev–Trinajstić information content (AvgIpc) is 3.20. The third-order valence-electron chi connectivity index (χ3n) is 5.91. The molecule has 1 aliphatic rings. The second-order valence-electron chi connectivity index (χ2n) is 8.64. The van der Waals surface area contributed by atoms with E-state index in [9.17, 15) is 39.6 Å². The van der Waals surface area contributed by atoms with Crippen LogP contribution in [-0.2, 0) is 40.5 Å². The van der Waals surface area contributed by atoms with Crippen molar-refractivity contribution in [1.29, 1.82) is 0 Å². The fourth-order valence-corrected chi connectivity index (χ4v) is 5.14. The Balaban J connectivity index is 0.00000420. The number of nitrogens with two attached hydrogens (primary N) is 1. The van der Waals surface area contributed by atoms with Crippen molar-refractivity contribution in [3.05, 3.63) is 77.0 Å². The van der Waals surface area contributed by atoms with Crippen molar-refractivity contribution >= 4 is 34.2 Å². The second-order valence-corrected chi connectivity index (χ2v) is 10.3. The number of amides is 1. The Morgan fingerprint density at radius 2 is 1.69 bits per heavy atom. The zero-order valence-electron chi connectivity index (χ0n) is 19.9. The molecule has 1 aromatic heterocycles. The van der Waals surface area contributed by atoms with Gasteiger partial charge >= 0.3 is 6.18 Å². The Morgan fingerprint density at radius 1 is 1.05 bits per heavy atom. The summed E-state index contributed by atoms with van der Waals surface area (Å²) in [6, 6.07) is 6.93. The van der Waals surface area contributed by atoms with Crippen LogP contribution in [0.15, 0.2) is 47.4 Å². The molecule has 0 bridgehead atoms. The summed E-state index contributed by atoms with van der Waals surface area (Å²) in [6.07, 6.45) is -5.58. The minimum absolute atomic E-state index is 0. The first-order valence-electron chi connectivity index (χ1n) is 11.2. The van der Waals surface area contributed by atoms with E-state index in [-0.39, 0.29) is 54.5 Å². The molecule has 8 nitrogen and oxygen atoms in total. The van der Waals surface area contributed by atoms with Gasteiger partial charge in [0.1, 0.15) is 5.82 Å². The van der Waals surface area contributed by atoms with Crippen molar-refractivity contribution in [3.8, 4) is 0 Å². The third-order valence-corrected chi connectivity index (χ3v) is 7.26. The molecule has 0 saturated heterocycles. The van der Waals surface area contributed by atoms with Crippen LogP contribution in [0.4, 0.5) is 32.2 Å². The van der Waals surface area contributed by atoms with E-state index in [4.69, 9.17) is 5.73 Å². The zero-order chi connectivity index (χ0) is 27.8. The lowest BCUT2D eigenvalue weighted by Gasteiger charge is -2.30. The SMILES string of the molecule is Cl.N[C@@H](CC(=O)N1CCn2c(C(F)(F)F)nc(NS(=O)(=O)c3ccccc3)c2C1)Cc1cc(F)c(F)cc1F. The Morgan fingerprint density at radius 3 is 2.33 bits per heavy atom. The maximum Gasteiger partial charge on any atom is 0.449 e. The Kier molecular flexibility index (Phi) is 8.87. The van der Waals surface area contributed by atoms with Gasteiger partial charge in [-0.05, 0) is 30.2 Å². The number of benzene rings is 2. The minimum atomic E-state index is -4.89. The van der Waals surface area contributed by atoms with Gasteiger partial charge in [-0.1, -0.05) is 18.2 Å². The molecule has 1 amide bonds. The van der Waals surface area contributed by atoms with Crippen LogP contribution in [0.1, 0.15) is 23.5 Å². The predicted molar refractivity (Wildman–Crippen MR) is 130 cm³/mol. The Hall–Kier alpha value is -3.30. The van der Waals surface area contributed by atoms with Gasteiger partial charge in [-0.2, -0.15) is 13.2 Å². The standard InChI is InChI=1S/C23H21F6N5O3S.ClH/c24-16-11-18(26)17(25)9-13(16)8-14(30)10-20(35)33-6-7-34-19(12-33)21(31-22(34)23(27,28)29)32-38(36,37)15-4-2-1-3-5-15;/h1-5,9,11,14,32H,6-8,10,12,30H2;1H/t14-;/m1./s1. The number of nitrogens with one attached hydrogen (secondary N) is 1. The molecule has 2 heterocycles. The molecule has 212 valence electrons. The number of nitrogens with zero attached hydrogens (tertiary/aromatic N) is 3. The predicted octanol–water partition coefficient (Wildman–Crippen LogP) is 3.84. The lowest BCUT2D eigenvalue weighted by atomic mass is 10.0. The summed E-state index contributed by atoms with van der Waals surface area (Å²) >= 11 is 0. The van der Waals surface area contributed by atoms with E-state index in [2.05, 4.69) is 9.71 Å². The number of carbonyl (C=O) groups excluding carboxylic acids is 1. The van der Waals surface area contributed by atoms with Gasteiger partial charge in [0, 0.05) is 31.6 Å². The van der Waals surface area contributed by atoms with Crippen molar-refractivity contribution in [1.82, 2.24) is 14.5 Å². The molecule has 0 aliphatic carbocycles. The quantitative estimate of drug-likeness (QED) is 0.318. The van der Waals surface area contributed by atoms with Gasteiger partial charge in [0.15, 0.2) is 17.5 Å². The third kappa shape index (κ3) is 6.65. The van der Waals surface area contributed by atoms with Gasteiger partial charge < -0.3 is 15.2 Å². The number of imidazole rings is 1. The molecular formula is C23H22ClF6N5O3S. The fourth-order valence-electron chi connectivity index (χ4n) is 4.09. The first-order chi connectivity index (χ1) is 17.8. The van der Waals surface area contributed by atoms with Crippen molar-refractivity contribution in [2.45, 2.75) is 43.0 Å². The van der Waals surface area contributed by atoms with Gasteiger partial charge in [0.25, 0.3) is 10.0 Å². The van der Waals surface area contributed by atoms with E-state index in [0.29, 0.717) is 12.1 Å².